The van der Waals surface area contributed by atoms with Gasteiger partial charge in [0.2, 0.25) is 0 Å². The number of nitrogens with one attached hydrogen (secondary N) is 1. The highest BCUT2D eigenvalue weighted by Crippen LogP contribution is 2.23. The molecule has 1 heterocycles. The zero-order valence-electron chi connectivity index (χ0n) is 9.75. The minimum absolute atomic E-state index is 0. The van der Waals surface area contributed by atoms with E-state index in [0.29, 0.717) is 5.56 Å². The Labute approximate surface area is 106 Å². The normalized spacial score (nSPS) is 18.5. The van der Waals surface area contributed by atoms with Gasteiger partial charge >= 0.3 is 0 Å². The predicted molar refractivity (Wildman–Crippen MR) is 66.5 cm³/mol. The third-order valence-electron chi connectivity index (χ3n) is 3.11. The number of hydrogen-bond acceptors (Lipinski definition) is 2. The van der Waals surface area contributed by atoms with Gasteiger partial charge in [-0.3, -0.25) is 4.90 Å². The first-order chi connectivity index (χ1) is 7.68. The van der Waals surface area contributed by atoms with Gasteiger partial charge in [0.25, 0.3) is 0 Å². The molecule has 1 saturated heterocycles. The summed E-state index contributed by atoms with van der Waals surface area (Å²) in [7, 11) is 0. The summed E-state index contributed by atoms with van der Waals surface area (Å²) >= 11 is 0. The van der Waals surface area contributed by atoms with Crippen molar-refractivity contribution in [3.63, 3.8) is 0 Å². The molecule has 0 amide bonds. The Bertz CT molecular complexity index is 368. The molecule has 0 unspecified atom stereocenters. The van der Waals surface area contributed by atoms with Gasteiger partial charge in [-0.25, -0.2) is 8.78 Å². The topological polar surface area (TPSA) is 15.3 Å². The second-order valence-electron chi connectivity index (χ2n) is 4.13. The number of hydrogen-bond donors (Lipinski definition) is 1. The summed E-state index contributed by atoms with van der Waals surface area (Å²) in [4.78, 5) is 2.20. The SMILES string of the molecule is C[C@H](c1ccc(F)cc1F)N1CCNCC1.Cl. The first-order valence-corrected chi connectivity index (χ1v) is 5.58. The Morgan fingerprint density at radius 2 is 1.88 bits per heavy atom. The molecular weight excluding hydrogens is 246 g/mol. The highest BCUT2D eigenvalue weighted by atomic mass is 35.5. The molecule has 0 aromatic heterocycles. The Morgan fingerprint density at radius 1 is 1.24 bits per heavy atom. The molecule has 0 spiro atoms. The number of nitrogens with zero attached hydrogens (tertiary/aromatic N) is 1. The van der Waals surface area contributed by atoms with Crippen molar-refractivity contribution in [2.24, 2.45) is 0 Å². The van der Waals surface area contributed by atoms with E-state index in [4.69, 9.17) is 0 Å². The maximum absolute atomic E-state index is 13.6. The number of benzene rings is 1. The zero-order chi connectivity index (χ0) is 11.5. The molecule has 1 aromatic rings. The van der Waals surface area contributed by atoms with E-state index in [1.165, 1.54) is 12.1 Å². The van der Waals surface area contributed by atoms with E-state index in [9.17, 15) is 8.78 Å². The molecule has 1 aromatic carbocycles. The van der Waals surface area contributed by atoms with Crippen LogP contribution in [0.15, 0.2) is 18.2 Å². The second kappa shape index (κ2) is 6.28. The van der Waals surface area contributed by atoms with Gasteiger partial charge in [-0.15, -0.1) is 12.4 Å². The molecule has 5 heteroatoms. The van der Waals surface area contributed by atoms with Crippen molar-refractivity contribution in [2.75, 3.05) is 26.2 Å². The van der Waals surface area contributed by atoms with E-state index in [2.05, 4.69) is 10.2 Å². The fraction of sp³-hybridized carbons (Fsp3) is 0.500. The first-order valence-electron chi connectivity index (χ1n) is 5.58. The Hall–Kier alpha value is -0.710. The van der Waals surface area contributed by atoms with E-state index in [1.54, 1.807) is 0 Å². The minimum Gasteiger partial charge on any atom is -0.314 e. The second-order valence-corrected chi connectivity index (χ2v) is 4.13. The highest BCUT2D eigenvalue weighted by Gasteiger charge is 2.20. The van der Waals surface area contributed by atoms with Gasteiger partial charge in [-0.1, -0.05) is 6.07 Å². The lowest BCUT2D eigenvalue weighted by atomic mass is 10.1. The van der Waals surface area contributed by atoms with Crippen LogP contribution in [0.5, 0.6) is 0 Å². The lowest BCUT2D eigenvalue weighted by Gasteiger charge is -2.33. The van der Waals surface area contributed by atoms with Gasteiger partial charge in [-0.2, -0.15) is 0 Å². The van der Waals surface area contributed by atoms with Crippen molar-refractivity contribution in [2.45, 2.75) is 13.0 Å². The first kappa shape index (κ1) is 14.4. The van der Waals surface area contributed by atoms with E-state index in [-0.39, 0.29) is 18.4 Å². The van der Waals surface area contributed by atoms with Crippen LogP contribution in [0, 0.1) is 11.6 Å². The van der Waals surface area contributed by atoms with Crippen LogP contribution in [0.3, 0.4) is 0 Å². The average molecular weight is 263 g/mol. The Kier molecular flexibility index (Phi) is 5.31. The molecule has 96 valence electrons. The van der Waals surface area contributed by atoms with E-state index in [1.807, 2.05) is 6.92 Å². The van der Waals surface area contributed by atoms with Gasteiger partial charge in [0, 0.05) is 43.9 Å². The summed E-state index contributed by atoms with van der Waals surface area (Å²) in [5.74, 6) is -0.972. The van der Waals surface area contributed by atoms with E-state index in [0.717, 1.165) is 32.2 Å². The number of halogens is 3. The van der Waals surface area contributed by atoms with Crippen LogP contribution in [-0.4, -0.2) is 31.1 Å². The quantitative estimate of drug-likeness (QED) is 0.880. The molecule has 1 N–H and O–H groups in total. The minimum atomic E-state index is -0.520. The molecule has 17 heavy (non-hydrogen) atoms. The fourth-order valence-electron chi connectivity index (χ4n) is 2.11. The van der Waals surface area contributed by atoms with Gasteiger partial charge in [-0.05, 0) is 13.0 Å². The van der Waals surface area contributed by atoms with Crippen LogP contribution < -0.4 is 5.32 Å². The Balaban J connectivity index is 0.00000144. The van der Waals surface area contributed by atoms with Crippen LogP contribution in [0.4, 0.5) is 8.78 Å². The summed E-state index contributed by atoms with van der Waals surface area (Å²) in [5.41, 5.74) is 0.573. The van der Waals surface area contributed by atoms with Crippen molar-refractivity contribution < 1.29 is 8.78 Å². The lowest BCUT2D eigenvalue weighted by molar-refractivity contribution is 0.182. The van der Waals surface area contributed by atoms with Crippen LogP contribution >= 0.6 is 12.4 Å². The molecule has 0 saturated carbocycles. The Morgan fingerprint density at radius 3 is 2.47 bits per heavy atom. The van der Waals surface area contributed by atoms with Crippen molar-refractivity contribution in [3.05, 3.63) is 35.4 Å². The molecule has 0 aliphatic carbocycles. The zero-order valence-corrected chi connectivity index (χ0v) is 10.6. The van der Waals surface area contributed by atoms with Gasteiger partial charge in [0.1, 0.15) is 11.6 Å². The largest absolute Gasteiger partial charge is 0.314 e. The molecule has 0 bridgehead atoms. The van der Waals surface area contributed by atoms with Crippen molar-refractivity contribution in [1.29, 1.82) is 0 Å². The summed E-state index contributed by atoms with van der Waals surface area (Å²) in [6, 6.07) is 3.81. The number of rotatable bonds is 2. The number of piperazine rings is 1. The van der Waals surface area contributed by atoms with Crippen molar-refractivity contribution >= 4 is 12.4 Å². The van der Waals surface area contributed by atoms with Crippen LogP contribution in [-0.2, 0) is 0 Å². The maximum atomic E-state index is 13.6. The average Bonchev–Trinajstić information content (AvgIpc) is 2.29. The molecular formula is C12H17ClF2N2. The third-order valence-corrected chi connectivity index (χ3v) is 3.11. The van der Waals surface area contributed by atoms with Crippen LogP contribution in [0.2, 0.25) is 0 Å². The lowest BCUT2D eigenvalue weighted by Crippen LogP contribution is -2.44. The van der Waals surface area contributed by atoms with E-state index >= 15 is 0 Å². The summed E-state index contributed by atoms with van der Waals surface area (Å²) in [6.07, 6.45) is 0. The molecule has 1 aliphatic heterocycles. The smallest absolute Gasteiger partial charge is 0.130 e. The molecule has 2 nitrogen and oxygen atoms in total. The molecule has 0 radical (unpaired) electrons. The highest BCUT2D eigenvalue weighted by molar-refractivity contribution is 5.85. The van der Waals surface area contributed by atoms with E-state index < -0.39 is 11.6 Å². The third kappa shape index (κ3) is 3.37. The van der Waals surface area contributed by atoms with Crippen molar-refractivity contribution in [1.82, 2.24) is 10.2 Å². The monoisotopic (exact) mass is 262 g/mol. The van der Waals surface area contributed by atoms with Gasteiger partial charge in [0.15, 0.2) is 0 Å². The summed E-state index contributed by atoms with van der Waals surface area (Å²) in [5, 5.41) is 3.25. The molecule has 1 atom stereocenters. The fourth-order valence-corrected chi connectivity index (χ4v) is 2.11. The van der Waals surface area contributed by atoms with Gasteiger partial charge < -0.3 is 5.32 Å². The van der Waals surface area contributed by atoms with Crippen LogP contribution in [0.25, 0.3) is 0 Å². The summed E-state index contributed by atoms with van der Waals surface area (Å²) < 4.78 is 26.4. The predicted octanol–water partition coefficient (Wildman–Crippen LogP) is 2.35. The maximum Gasteiger partial charge on any atom is 0.130 e. The van der Waals surface area contributed by atoms with Crippen molar-refractivity contribution in [3.8, 4) is 0 Å². The summed E-state index contributed by atoms with van der Waals surface area (Å²) in [6.45, 7) is 5.61. The molecule has 1 fully saturated rings. The standard InChI is InChI=1S/C12H16F2N2.ClH/c1-9(16-6-4-15-5-7-16)11-3-2-10(13)8-12(11)14;/h2-3,8-9,15H,4-7H2,1H3;1H/t9-;/m1./s1. The van der Waals surface area contributed by atoms with Gasteiger partial charge in [0.05, 0.1) is 0 Å². The molecule has 2 rings (SSSR count). The molecule has 1 aliphatic rings. The van der Waals surface area contributed by atoms with Crippen LogP contribution in [0.1, 0.15) is 18.5 Å².